The summed E-state index contributed by atoms with van der Waals surface area (Å²) in [5, 5.41) is 8.62. The summed E-state index contributed by atoms with van der Waals surface area (Å²) in [6, 6.07) is 0.659. The van der Waals surface area contributed by atoms with Gasteiger partial charge in [-0.1, -0.05) is 0 Å². The summed E-state index contributed by atoms with van der Waals surface area (Å²) in [4.78, 5) is 12.9. The zero-order chi connectivity index (χ0) is 10.8. The van der Waals surface area contributed by atoms with Gasteiger partial charge in [-0.3, -0.25) is 9.69 Å². The molecule has 1 saturated heterocycles. The van der Waals surface area contributed by atoms with Crippen LogP contribution < -0.4 is 0 Å². The van der Waals surface area contributed by atoms with E-state index in [0.29, 0.717) is 24.5 Å². The predicted molar refractivity (Wildman–Crippen MR) is 55.8 cm³/mol. The number of nitrogens with zero attached hydrogens (tertiary/aromatic N) is 1. The van der Waals surface area contributed by atoms with E-state index >= 15 is 0 Å². The van der Waals surface area contributed by atoms with Crippen LogP contribution in [0.4, 0.5) is 0 Å². The third-order valence-electron chi connectivity index (χ3n) is 3.44. The Kier molecular flexibility index (Phi) is 3.26. The number of carbonyl (C=O) groups is 1. The first-order valence-corrected chi connectivity index (χ1v) is 5.76. The van der Waals surface area contributed by atoms with Gasteiger partial charge in [0, 0.05) is 25.7 Å². The van der Waals surface area contributed by atoms with E-state index in [-0.39, 0.29) is 0 Å². The Labute approximate surface area is 90.2 Å². The van der Waals surface area contributed by atoms with Crippen LogP contribution in [-0.2, 0) is 9.53 Å². The van der Waals surface area contributed by atoms with Gasteiger partial charge in [0.1, 0.15) is 0 Å². The number of carboxylic acids is 1. The highest BCUT2D eigenvalue weighted by molar-refractivity contribution is 5.67. The molecule has 2 fully saturated rings. The van der Waals surface area contributed by atoms with E-state index in [2.05, 4.69) is 4.90 Å². The molecule has 15 heavy (non-hydrogen) atoms. The average molecular weight is 213 g/mol. The SMILES string of the molecule is CCOC1CC(N2CC(CC(=O)O)C2)C1. The Bertz CT molecular complexity index is 232. The summed E-state index contributed by atoms with van der Waals surface area (Å²) in [5.41, 5.74) is 0. The van der Waals surface area contributed by atoms with Crippen LogP contribution in [0.1, 0.15) is 26.2 Å². The second-order valence-corrected chi connectivity index (χ2v) is 4.62. The van der Waals surface area contributed by atoms with Crippen molar-refractivity contribution in [1.29, 1.82) is 0 Å². The number of likely N-dealkylation sites (tertiary alicyclic amines) is 1. The van der Waals surface area contributed by atoms with Crippen molar-refractivity contribution in [2.75, 3.05) is 19.7 Å². The average Bonchev–Trinajstić information content (AvgIpc) is 2.03. The second kappa shape index (κ2) is 4.49. The highest BCUT2D eigenvalue weighted by Gasteiger charge is 2.40. The molecule has 0 spiro atoms. The molecule has 0 atom stereocenters. The van der Waals surface area contributed by atoms with Crippen LogP contribution in [0.5, 0.6) is 0 Å². The van der Waals surface area contributed by atoms with E-state index < -0.39 is 5.97 Å². The molecule has 0 unspecified atom stereocenters. The van der Waals surface area contributed by atoms with Crippen LogP contribution in [0.25, 0.3) is 0 Å². The zero-order valence-electron chi connectivity index (χ0n) is 9.19. The summed E-state index contributed by atoms with van der Waals surface area (Å²) >= 11 is 0. The first kappa shape index (κ1) is 10.9. The number of aliphatic carboxylic acids is 1. The van der Waals surface area contributed by atoms with Gasteiger partial charge in [0.05, 0.1) is 12.5 Å². The molecule has 0 aromatic carbocycles. The van der Waals surface area contributed by atoms with Crippen molar-refractivity contribution < 1.29 is 14.6 Å². The van der Waals surface area contributed by atoms with Crippen LogP contribution in [0.2, 0.25) is 0 Å². The van der Waals surface area contributed by atoms with Gasteiger partial charge in [-0.05, 0) is 25.7 Å². The van der Waals surface area contributed by atoms with Crippen molar-refractivity contribution >= 4 is 5.97 Å². The second-order valence-electron chi connectivity index (χ2n) is 4.62. The molecule has 0 aromatic rings. The number of hydrogen-bond acceptors (Lipinski definition) is 3. The number of rotatable bonds is 5. The Balaban J connectivity index is 1.59. The lowest BCUT2D eigenvalue weighted by Crippen LogP contribution is -2.58. The standard InChI is InChI=1S/C11H19NO3/c1-2-15-10-4-9(5-10)12-6-8(7-12)3-11(13)14/h8-10H,2-7H2,1H3,(H,13,14). The van der Waals surface area contributed by atoms with Crippen LogP contribution in [-0.4, -0.2) is 47.8 Å². The maximum absolute atomic E-state index is 10.5. The predicted octanol–water partition coefficient (Wildman–Crippen LogP) is 0.960. The van der Waals surface area contributed by atoms with Crippen molar-refractivity contribution in [3.63, 3.8) is 0 Å². The first-order valence-electron chi connectivity index (χ1n) is 5.76. The van der Waals surface area contributed by atoms with Crippen molar-refractivity contribution in [3.05, 3.63) is 0 Å². The highest BCUT2D eigenvalue weighted by Crippen LogP contribution is 2.33. The molecule has 1 aliphatic carbocycles. The van der Waals surface area contributed by atoms with E-state index in [4.69, 9.17) is 9.84 Å². The summed E-state index contributed by atoms with van der Waals surface area (Å²) < 4.78 is 5.50. The lowest BCUT2D eigenvalue weighted by molar-refractivity contribution is -0.141. The molecule has 4 nitrogen and oxygen atoms in total. The summed E-state index contributed by atoms with van der Waals surface area (Å²) in [6.07, 6.45) is 3.05. The van der Waals surface area contributed by atoms with Gasteiger partial charge in [-0.15, -0.1) is 0 Å². The van der Waals surface area contributed by atoms with Crippen molar-refractivity contribution in [1.82, 2.24) is 4.90 Å². The number of ether oxygens (including phenoxy) is 1. The summed E-state index contributed by atoms with van der Waals surface area (Å²) in [6.45, 7) is 4.77. The van der Waals surface area contributed by atoms with Gasteiger partial charge < -0.3 is 9.84 Å². The fourth-order valence-corrected chi connectivity index (χ4v) is 2.49. The van der Waals surface area contributed by atoms with Gasteiger partial charge in [0.25, 0.3) is 0 Å². The number of hydrogen-bond donors (Lipinski definition) is 1. The topological polar surface area (TPSA) is 49.8 Å². The fourth-order valence-electron chi connectivity index (χ4n) is 2.49. The van der Waals surface area contributed by atoms with Gasteiger partial charge in [-0.25, -0.2) is 0 Å². The normalized spacial score (nSPS) is 32.1. The molecular formula is C11H19NO3. The van der Waals surface area contributed by atoms with Crippen molar-refractivity contribution in [3.8, 4) is 0 Å². The van der Waals surface area contributed by atoms with E-state index in [1.807, 2.05) is 6.92 Å². The minimum absolute atomic E-state index is 0.331. The molecular weight excluding hydrogens is 194 g/mol. The smallest absolute Gasteiger partial charge is 0.303 e. The third-order valence-corrected chi connectivity index (χ3v) is 3.44. The van der Waals surface area contributed by atoms with E-state index in [0.717, 1.165) is 32.5 Å². The third kappa shape index (κ3) is 2.49. The van der Waals surface area contributed by atoms with Crippen molar-refractivity contribution in [2.45, 2.75) is 38.3 Å². The maximum Gasteiger partial charge on any atom is 0.303 e. The van der Waals surface area contributed by atoms with E-state index in [1.165, 1.54) is 0 Å². The van der Waals surface area contributed by atoms with E-state index in [1.54, 1.807) is 0 Å². The first-order chi connectivity index (χ1) is 7.19. The minimum atomic E-state index is -0.666. The van der Waals surface area contributed by atoms with Crippen LogP contribution in [0, 0.1) is 5.92 Å². The summed E-state index contributed by atoms with van der Waals surface area (Å²) in [7, 11) is 0. The zero-order valence-corrected chi connectivity index (χ0v) is 9.19. The van der Waals surface area contributed by atoms with Gasteiger partial charge in [0.15, 0.2) is 0 Å². The van der Waals surface area contributed by atoms with Gasteiger partial charge in [-0.2, -0.15) is 0 Å². The van der Waals surface area contributed by atoms with Crippen LogP contribution in [0.15, 0.2) is 0 Å². The van der Waals surface area contributed by atoms with Gasteiger partial charge >= 0.3 is 5.97 Å². The molecule has 1 heterocycles. The Morgan fingerprint density at radius 3 is 2.67 bits per heavy atom. The molecule has 0 bridgehead atoms. The Hall–Kier alpha value is -0.610. The molecule has 0 radical (unpaired) electrons. The Morgan fingerprint density at radius 1 is 1.47 bits per heavy atom. The lowest BCUT2D eigenvalue weighted by atomic mass is 9.83. The molecule has 2 aliphatic rings. The Morgan fingerprint density at radius 2 is 2.13 bits per heavy atom. The van der Waals surface area contributed by atoms with Crippen molar-refractivity contribution in [2.24, 2.45) is 5.92 Å². The molecule has 1 saturated carbocycles. The quantitative estimate of drug-likeness (QED) is 0.739. The molecule has 4 heteroatoms. The molecule has 1 aliphatic heterocycles. The largest absolute Gasteiger partial charge is 0.481 e. The molecule has 2 rings (SSSR count). The summed E-state index contributed by atoms with van der Waals surface area (Å²) in [5.74, 6) is -0.283. The maximum atomic E-state index is 10.5. The van der Waals surface area contributed by atoms with E-state index in [9.17, 15) is 4.79 Å². The molecule has 0 aromatic heterocycles. The van der Waals surface area contributed by atoms with Gasteiger partial charge in [0.2, 0.25) is 0 Å². The lowest BCUT2D eigenvalue weighted by Gasteiger charge is -2.50. The molecule has 1 N–H and O–H groups in total. The van der Waals surface area contributed by atoms with Crippen LogP contribution >= 0.6 is 0 Å². The number of carboxylic acid groups (broad SMARTS) is 1. The molecule has 86 valence electrons. The minimum Gasteiger partial charge on any atom is -0.481 e. The van der Waals surface area contributed by atoms with Crippen LogP contribution in [0.3, 0.4) is 0 Å². The highest BCUT2D eigenvalue weighted by atomic mass is 16.5. The monoisotopic (exact) mass is 213 g/mol. The molecule has 0 amide bonds. The fraction of sp³-hybridized carbons (Fsp3) is 0.909.